The molecule has 0 bridgehead atoms. The summed E-state index contributed by atoms with van der Waals surface area (Å²) in [5.74, 6) is 0. The predicted molar refractivity (Wildman–Crippen MR) is 87.9 cm³/mol. The number of nitrogens with one attached hydrogen (secondary N) is 3. The molecule has 0 spiro atoms. The molecule has 4 nitrogen and oxygen atoms in total. The van der Waals surface area contributed by atoms with Crippen LogP contribution in [-0.4, -0.2) is 24.7 Å². The highest BCUT2D eigenvalue weighted by Crippen LogP contribution is 2.22. The highest BCUT2D eigenvalue weighted by atomic mass is 16.2. The van der Waals surface area contributed by atoms with Crippen molar-refractivity contribution >= 4 is 11.7 Å². The van der Waals surface area contributed by atoms with Crippen molar-refractivity contribution in [3.63, 3.8) is 0 Å². The number of carbonyl (C=O) groups excluding carboxylic acids is 1. The quantitative estimate of drug-likeness (QED) is 0.780. The first-order valence-corrected chi connectivity index (χ1v) is 7.92. The number of urea groups is 1. The topological polar surface area (TPSA) is 53.2 Å². The van der Waals surface area contributed by atoms with Crippen LogP contribution < -0.4 is 16.0 Å². The van der Waals surface area contributed by atoms with Gasteiger partial charge in [-0.3, -0.25) is 0 Å². The molecule has 116 valence electrons. The molecule has 4 heteroatoms. The zero-order chi connectivity index (χ0) is 15.3. The van der Waals surface area contributed by atoms with Gasteiger partial charge in [0.2, 0.25) is 0 Å². The Hall–Kier alpha value is -1.71. The van der Waals surface area contributed by atoms with E-state index < -0.39 is 0 Å². The van der Waals surface area contributed by atoms with E-state index in [1.54, 1.807) is 0 Å². The molecule has 1 aromatic carbocycles. The van der Waals surface area contributed by atoms with Crippen LogP contribution in [0.15, 0.2) is 18.2 Å². The molecule has 2 rings (SSSR count). The first kappa shape index (κ1) is 15.7. The summed E-state index contributed by atoms with van der Waals surface area (Å²) in [7, 11) is 0. The second-order valence-corrected chi connectivity index (χ2v) is 6.39. The second-order valence-electron chi connectivity index (χ2n) is 6.39. The van der Waals surface area contributed by atoms with E-state index in [4.69, 9.17) is 0 Å². The van der Waals surface area contributed by atoms with Crippen molar-refractivity contribution < 1.29 is 4.79 Å². The Balaban J connectivity index is 1.80. The zero-order valence-corrected chi connectivity index (χ0v) is 13.4. The first-order chi connectivity index (χ1) is 10.00. The van der Waals surface area contributed by atoms with Crippen molar-refractivity contribution in [2.24, 2.45) is 0 Å². The molecule has 0 unspecified atom stereocenters. The van der Waals surface area contributed by atoms with Crippen LogP contribution in [0.4, 0.5) is 10.5 Å². The summed E-state index contributed by atoms with van der Waals surface area (Å²) in [6.45, 7) is 7.87. The van der Waals surface area contributed by atoms with E-state index in [0.29, 0.717) is 6.54 Å². The Morgan fingerprint density at radius 2 is 2.19 bits per heavy atom. The van der Waals surface area contributed by atoms with Gasteiger partial charge in [-0.1, -0.05) is 19.1 Å². The molecule has 0 atom stereocenters. The number of anilines is 1. The lowest BCUT2D eigenvalue weighted by Crippen LogP contribution is -2.48. The molecule has 0 aliphatic carbocycles. The standard InChI is InChI=1S/C17H27N3O/c1-4-17(2,3)20-16(21)19-11-9-13-7-8-15-14(12-13)6-5-10-18-15/h7-8,12,18H,4-6,9-11H2,1-3H3,(H2,19,20,21). The predicted octanol–water partition coefficient (Wildman–Crippen LogP) is 3.08. The molecule has 1 aromatic rings. The Bertz CT molecular complexity index is 497. The number of aryl methyl sites for hydroxylation is 1. The van der Waals surface area contributed by atoms with Crippen LogP contribution in [0.25, 0.3) is 0 Å². The summed E-state index contributed by atoms with van der Waals surface area (Å²) < 4.78 is 0. The van der Waals surface area contributed by atoms with Crippen LogP contribution in [0, 0.1) is 0 Å². The lowest BCUT2D eigenvalue weighted by atomic mass is 9.99. The monoisotopic (exact) mass is 289 g/mol. The van der Waals surface area contributed by atoms with Crippen molar-refractivity contribution in [1.29, 1.82) is 0 Å². The SMILES string of the molecule is CCC(C)(C)NC(=O)NCCc1ccc2c(c1)CCCN2. The molecule has 1 aliphatic rings. The molecule has 0 saturated carbocycles. The Kier molecular flexibility index (Phi) is 5.10. The van der Waals surface area contributed by atoms with E-state index >= 15 is 0 Å². The number of hydrogen-bond donors (Lipinski definition) is 3. The fourth-order valence-corrected chi connectivity index (χ4v) is 2.44. The summed E-state index contributed by atoms with van der Waals surface area (Å²) in [5, 5.41) is 9.33. The van der Waals surface area contributed by atoms with Gasteiger partial charge in [-0.2, -0.15) is 0 Å². The fraction of sp³-hybridized carbons (Fsp3) is 0.588. The van der Waals surface area contributed by atoms with E-state index in [-0.39, 0.29) is 11.6 Å². The summed E-state index contributed by atoms with van der Waals surface area (Å²) in [5.41, 5.74) is 3.80. The minimum Gasteiger partial charge on any atom is -0.385 e. The normalized spacial score (nSPS) is 14.0. The van der Waals surface area contributed by atoms with Gasteiger partial charge in [0, 0.05) is 24.3 Å². The van der Waals surface area contributed by atoms with Gasteiger partial charge in [0.1, 0.15) is 0 Å². The van der Waals surface area contributed by atoms with Gasteiger partial charge in [0.05, 0.1) is 0 Å². The highest BCUT2D eigenvalue weighted by molar-refractivity contribution is 5.74. The number of carbonyl (C=O) groups is 1. The van der Waals surface area contributed by atoms with Crippen molar-refractivity contribution in [3.05, 3.63) is 29.3 Å². The summed E-state index contributed by atoms with van der Waals surface area (Å²) in [6, 6.07) is 6.48. The molecule has 21 heavy (non-hydrogen) atoms. The number of rotatable bonds is 5. The summed E-state index contributed by atoms with van der Waals surface area (Å²) in [4.78, 5) is 11.8. The van der Waals surface area contributed by atoms with Gasteiger partial charge in [-0.15, -0.1) is 0 Å². The van der Waals surface area contributed by atoms with E-state index in [1.807, 2.05) is 13.8 Å². The van der Waals surface area contributed by atoms with E-state index in [9.17, 15) is 4.79 Å². The number of amides is 2. The maximum atomic E-state index is 11.8. The molecule has 3 N–H and O–H groups in total. The Labute approximate surface area is 127 Å². The van der Waals surface area contributed by atoms with Gasteiger partial charge >= 0.3 is 6.03 Å². The number of benzene rings is 1. The van der Waals surface area contributed by atoms with Gasteiger partial charge in [-0.25, -0.2) is 4.79 Å². The minimum absolute atomic E-state index is 0.0820. The average Bonchev–Trinajstić information content (AvgIpc) is 2.46. The number of fused-ring (bicyclic) bond motifs is 1. The largest absolute Gasteiger partial charge is 0.385 e. The van der Waals surface area contributed by atoms with Crippen LogP contribution in [0.1, 0.15) is 44.7 Å². The first-order valence-electron chi connectivity index (χ1n) is 7.92. The summed E-state index contributed by atoms with van der Waals surface area (Å²) in [6.07, 6.45) is 4.13. The van der Waals surface area contributed by atoms with Gasteiger partial charge in [0.25, 0.3) is 0 Å². The van der Waals surface area contributed by atoms with Gasteiger partial charge in [0.15, 0.2) is 0 Å². The zero-order valence-electron chi connectivity index (χ0n) is 13.4. The van der Waals surface area contributed by atoms with Gasteiger partial charge in [-0.05, 0) is 56.7 Å². The van der Waals surface area contributed by atoms with Crippen LogP contribution in [0.5, 0.6) is 0 Å². The van der Waals surface area contributed by atoms with Crippen LogP contribution in [0.2, 0.25) is 0 Å². The average molecular weight is 289 g/mol. The summed E-state index contributed by atoms with van der Waals surface area (Å²) >= 11 is 0. The lowest BCUT2D eigenvalue weighted by Gasteiger charge is -2.24. The Morgan fingerprint density at radius 1 is 1.38 bits per heavy atom. The molecular formula is C17H27N3O. The minimum atomic E-state index is -0.151. The molecule has 1 heterocycles. The fourth-order valence-electron chi connectivity index (χ4n) is 2.44. The van der Waals surface area contributed by atoms with Crippen LogP contribution in [0.3, 0.4) is 0 Å². The molecule has 2 amide bonds. The molecule has 0 fully saturated rings. The van der Waals surface area contributed by atoms with E-state index in [2.05, 4.69) is 41.1 Å². The molecule has 0 saturated heterocycles. The van der Waals surface area contributed by atoms with Crippen molar-refractivity contribution in [1.82, 2.24) is 10.6 Å². The van der Waals surface area contributed by atoms with E-state index in [1.165, 1.54) is 23.2 Å². The maximum absolute atomic E-state index is 11.8. The Morgan fingerprint density at radius 3 is 2.95 bits per heavy atom. The van der Waals surface area contributed by atoms with Gasteiger partial charge < -0.3 is 16.0 Å². The third kappa shape index (κ3) is 4.66. The third-order valence-corrected chi connectivity index (χ3v) is 4.14. The smallest absolute Gasteiger partial charge is 0.315 e. The lowest BCUT2D eigenvalue weighted by molar-refractivity contribution is 0.229. The highest BCUT2D eigenvalue weighted by Gasteiger charge is 2.17. The molecule has 0 aromatic heterocycles. The van der Waals surface area contributed by atoms with Crippen LogP contribution >= 0.6 is 0 Å². The van der Waals surface area contributed by atoms with E-state index in [0.717, 1.165) is 25.8 Å². The van der Waals surface area contributed by atoms with Crippen molar-refractivity contribution in [2.75, 3.05) is 18.4 Å². The van der Waals surface area contributed by atoms with Crippen molar-refractivity contribution in [2.45, 2.75) is 52.0 Å². The maximum Gasteiger partial charge on any atom is 0.315 e. The second kappa shape index (κ2) is 6.83. The molecule has 1 aliphatic heterocycles. The van der Waals surface area contributed by atoms with Crippen LogP contribution in [-0.2, 0) is 12.8 Å². The van der Waals surface area contributed by atoms with Crippen molar-refractivity contribution in [3.8, 4) is 0 Å². The molecule has 0 radical (unpaired) electrons. The molecular weight excluding hydrogens is 262 g/mol. The number of hydrogen-bond acceptors (Lipinski definition) is 2. The third-order valence-electron chi connectivity index (χ3n) is 4.14.